The van der Waals surface area contributed by atoms with Crippen molar-refractivity contribution in [1.29, 1.82) is 0 Å². The average Bonchev–Trinajstić information content (AvgIpc) is 2.97. The molecule has 0 aliphatic carbocycles. The van der Waals surface area contributed by atoms with Gasteiger partial charge in [0.2, 0.25) is 0 Å². The number of anilines is 1. The van der Waals surface area contributed by atoms with Crippen molar-refractivity contribution in [3.63, 3.8) is 0 Å². The summed E-state index contributed by atoms with van der Waals surface area (Å²) in [5.41, 5.74) is 1.07. The summed E-state index contributed by atoms with van der Waals surface area (Å²) in [5.74, 6) is 0. The summed E-state index contributed by atoms with van der Waals surface area (Å²) in [6, 6.07) is 5.87. The molecule has 3 rings (SSSR count). The van der Waals surface area contributed by atoms with Gasteiger partial charge in [-0.25, -0.2) is 9.78 Å². The Kier molecular flexibility index (Phi) is 4.64. The lowest BCUT2D eigenvalue weighted by Crippen LogP contribution is -2.37. The second-order valence-electron chi connectivity index (χ2n) is 5.37. The van der Waals surface area contributed by atoms with Gasteiger partial charge in [-0.3, -0.25) is 13.9 Å². The van der Waals surface area contributed by atoms with Gasteiger partial charge < -0.3 is 9.88 Å². The Balaban J connectivity index is 1.86. The van der Waals surface area contributed by atoms with Crippen molar-refractivity contribution in [2.45, 2.75) is 6.54 Å². The first-order valence-corrected chi connectivity index (χ1v) is 8.78. The zero-order valence-corrected chi connectivity index (χ0v) is 16.3. The molecule has 24 heavy (non-hydrogen) atoms. The Hall–Kier alpha value is -1.87. The molecule has 7 nitrogen and oxygen atoms in total. The molecule has 0 amide bonds. The third-order valence-electron chi connectivity index (χ3n) is 3.82. The first-order valence-electron chi connectivity index (χ1n) is 7.20. The van der Waals surface area contributed by atoms with E-state index in [-0.39, 0.29) is 11.2 Å². The van der Waals surface area contributed by atoms with Gasteiger partial charge in [-0.15, -0.1) is 0 Å². The topological polar surface area (TPSA) is 73.8 Å². The summed E-state index contributed by atoms with van der Waals surface area (Å²) >= 11 is 6.92. The van der Waals surface area contributed by atoms with Crippen molar-refractivity contribution in [3.8, 4) is 0 Å². The highest BCUT2D eigenvalue weighted by Crippen LogP contribution is 2.25. The number of benzene rings is 1. The van der Waals surface area contributed by atoms with Crippen molar-refractivity contribution in [3.05, 3.63) is 54.3 Å². The van der Waals surface area contributed by atoms with E-state index < -0.39 is 0 Å². The molecule has 1 N–H and O–H groups in total. The predicted molar refractivity (Wildman–Crippen MR) is 101 cm³/mol. The Morgan fingerprint density at radius 2 is 1.92 bits per heavy atom. The third kappa shape index (κ3) is 2.93. The van der Waals surface area contributed by atoms with Gasteiger partial charge in [0.15, 0.2) is 11.2 Å². The Bertz CT molecular complexity index is 1030. The fourth-order valence-electron chi connectivity index (χ4n) is 2.51. The van der Waals surface area contributed by atoms with E-state index in [4.69, 9.17) is 0 Å². The molecule has 0 aliphatic heterocycles. The second-order valence-corrected chi connectivity index (χ2v) is 7.14. The lowest BCUT2D eigenvalue weighted by molar-refractivity contribution is 0.695. The summed E-state index contributed by atoms with van der Waals surface area (Å²) in [6.07, 6.45) is 1.59. The largest absolute Gasteiger partial charge is 0.382 e. The van der Waals surface area contributed by atoms with Crippen molar-refractivity contribution >= 4 is 48.7 Å². The number of halogens is 2. The quantitative estimate of drug-likeness (QED) is 0.652. The van der Waals surface area contributed by atoms with Crippen molar-refractivity contribution in [2.24, 2.45) is 14.1 Å². The number of rotatable bonds is 4. The minimum absolute atomic E-state index is 0.338. The van der Waals surface area contributed by atoms with Gasteiger partial charge in [0, 0.05) is 41.8 Å². The zero-order valence-electron chi connectivity index (χ0n) is 13.1. The number of aryl methyl sites for hydroxylation is 1. The van der Waals surface area contributed by atoms with Crippen LogP contribution in [0.3, 0.4) is 0 Å². The molecule has 1 aromatic carbocycles. The molecule has 9 heteroatoms. The molecule has 0 aliphatic rings. The van der Waals surface area contributed by atoms with E-state index in [1.807, 2.05) is 18.2 Å². The lowest BCUT2D eigenvalue weighted by atomic mass is 10.3. The number of aromatic nitrogens is 4. The van der Waals surface area contributed by atoms with E-state index in [0.29, 0.717) is 24.3 Å². The van der Waals surface area contributed by atoms with Crippen molar-refractivity contribution < 1.29 is 0 Å². The maximum Gasteiger partial charge on any atom is 0.332 e. The summed E-state index contributed by atoms with van der Waals surface area (Å²) in [4.78, 5) is 28.5. The number of fused-ring (bicyclic) bond motifs is 1. The molecule has 0 bridgehead atoms. The normalized spacial score (nSPS) is 11.2. The fourth-order valence-corrected chi connectivity index (χ4v) is 3.70. The maximum atomic E-state index is 12.4. The SMILES string of the molecule is Cn1c(=O)c2c(ncn2CCNc2ccc(Br)cc2Br)n(C)c1=O. The van der Waals surface area contributed by atoms with Gasteiger partial charge in [0.05, 0.1) is 6.33 Å². The minimum atomic E-state index is -0.380. The van der Waals surface area contributed by atoms with Crippen LogP contribution < -0.4 is 16.6 Å². The van der Waals surface area contributed by atoms with Gasteiger partial charge in [0.1, 0.15) is 0 Å². The number of imidazole rings is 1. The summed E-state index contributed by atoms with van der Waals surface area (Å²) < 4.78 is 6.18. The molecule has 0 fully saturated rings. The molecule has 0 saturated heterocycles. The molecule has 3 aromatic rings. The Morgan fingerprint density at radius 3 is 2.62 bits per heavy atom. The monoisotopic (exact) mass is 455 g/mol. The van der Waals surface area contributed by atoms with Gasteiger partial charge >= 0.3 is 5.69 Å². The van der Waals surface area contributed by atoms with Crippen LogP contribution >= 0.6 is 31.9 Å². The zero-order chi connectivity index (χ0) is 17.4. The summed E-state index contributed by atoms with van der Waals surface area (Å²) in [7, 11) is 3.08. The highest BCUT2D eigenvalue weighted by molar-refractivity contribution is 9.11. The lowest BCUT2D eigenvalue weighted by Gasteiger charge is -2.10. The van der Waals surface area contributed by atoms with E-state index in [2.05, 4.69) is 42.2 Å². The molecule has 2 aromatic heterocycles. The molecule has 2 heterocycles. The van der Waals surface area contributed by atoms with E-state index in [0.717, 1.165) is 19.2 Å². The average molecular weight is 457 g/mol. The molecule has 0 spiro atoms. The molecule has 126 valence electrons. The molecule has 0 unspecified atom stereocenters. The number of nitrogens with one attached hydrogen (secondary N) is 1. The van der Waals surface area contributed by atoms with Crippen LogP contribution in [0.5, 0.6) is 0 Å². The maximum absolute atomic E-state index is 12.4. The van der Waals surface area contributed by atoms with Crippen LogP contribution in [0.4, 0.5) is 5.69 Å². The van der Waals surface area contributed by atoms with E-state index in [1.54, 1.807) is 17.9 Å². The first kappa shape index (κ1) is 17.0. The van der Waals surface area contributed by atoms with Crippen LogP contribution in [0.2, 0.25) is 0 Å². The van der Waals surface area contributed by atoms with Gasteiger partial charge in [-0.2, -0.15) is 0 Å². The number of hydrogen-bond donors (Lipinski definition) is 1. The predicted octanol–water partition coefficient (Wildman–Crippen LogP) is 2.07. The van der Waals surface area contributed by atoms with E-state index >= 15 is 0 Å². The molecule has 0 saturated carbocycles. The second kappa shape index (κ2) is 6.56. The molecular weight excluding hydrogens is 442 g/mol. The van der Waals surface area contributed by atoms with Crippen LogP contribution in [-0.4, -0.2) is 25.2 Å². The third-order valence-corrected chi connectivity index (χ3v) is 4.97. The minimum Gasteiger partial charge on any atom is -0.382 e. The van der Waals surface area contributed by atoms with Crippen molar-refractivity contribution in [1.82, 2.24) is 18.7 Å². The standard InChI is InChI=1S/C15H15Br2N5O2/c1-20-13-12(14(23)21(2)15(20)24)22(8-19-13)6-5-18-11-4-3-9(16)7-10(11)17/h3-4,7-8,18H,5-6H2,1-2H3. The first-order chi connectivity index (χ1) is 11.4. The molecular formula is C15H15Br2N5O2. The van der Waals surface area contributed by atoms with Gasteiger partial charge in [0.25, 0.3) is 5.56 Å². The van der Waals surface area contributed by atoms with E-state index in [1.165, 1.54) is 11.6 Å². The van der Waals surface area contributed by atoms with Gasteiger partial charge in [-0.05, 0) is 34.1 Å². The number of hydrogen-bond acceptors (Lipinski definition) is 4. The van der Waals surface area contributed by atoms with Crippen LogP contribution in [0, 0.1) is 0 Å². The summed E-state index contributed by atoms with van der Waals surface area (Å²) in [6.45, 7) is 1.16. The number of nitrogens with zero attached hydrogens (tertiary/aromatic N) is 4. The van der Waals surface area contributed by atoms with Crippen LogP contribution in [-0.2, 0) is 20.6 Å². The smallest absolute Gasteiger partial charge is 0.332 e. The highest BCUT2D eigenvalue weighted by atomic mass is 79.9. The highest BCUT2D eigenvalue weighted by Gasteiger charge is 2.13. The molecule has 0 radical (unpaired) electrons. The van der Waals surface area contributed by atoms with Crippen LogP contribution in [0.25, 0.3) is 11.2 Å². The van der Waals surface area contributed by atoms with Crippen LogP contribution in [0.15, 0.2) is 43.1 Å². The van der Waals surface area contributed by atoms with Crippen LogP contribution in [0.1, 0.15) is 0 Å². The Labute approximate surface area is 154 Å². The van der Waals surface area contributed by atoms with E-state index in [9.17, 15) is 9.59 Å². The summed E-state index contributed by atoms with van der Waals surface area (Å²) in [5, 5.41) is 3.31. The van der Waals surface area contributed by atoms with Crippen molar-refractivity contribution in [2.75, 3.05) is 11.9 Å². The molecule has 0 atom stereocenters. The fraction of sp³-hybridized carbons (Fsp3) is 0.267. The Morgan fingerprint density at radius 1 is 1.17 bits per heavy atom. The van der Waals surface area contributed by atoms with Gasteiger partial charge in [-0.1, -0.05) is 15.9 Å².